The second-order valence-electron chi connectivity index (χ2n) is 7.85. The van der Waals surface area contributed by atoms with Crippen molar-refractivity contribution in [1.82, 2.24) is 20.2 Å². The van der Waals surface area contributed by atoms with E-state index >= 15 is 0 Å². The molecule has 7 nitrogen and oxygen atoms in total. The minimum Gasteiger partial charge on any atom is -0.392 e. The van der Waals surface area contributed by atoms with Crippen molar-refractivity contribution >= 4 is 15.9 Å². The van der Waals surface area contributed by atoms with Crippen LogP contribution in [-0.4, -0.2) is 33.7 Å². The normalized spacial score (nSPS) is 11.8. The third-order valence-corrected chi connectivity index (χ3v) is 6.30. The number of tetrazole rings is 1. The number of aliphatic hydroxyl groups excluding tert-OH is 1. The zero-order valence-corrected chi connectivity index (χ0v) is 19.0. The molecule has 0 saturated heterocycles. The molecule has 0 bridgehead atoms. The molecule has 4 aromatic rings. The number of hydrogen-bond donors (Lipinski definition) is 1. The Hall–Kier alpha value is -3.62. The fourth-order valence-corrected chi connectivity index (χ4v) is 4.56. The van der Waals surface area contributed by atoms with E-state index in [0.29, 0.717) is 29.1 Å². The van der Waals surface area contributed by atoms with Gasteiger partial charge in [0.2, 0.25) is 5.82 Å². The monoisotopic (exact) mass is 460 g/mol. The maximum atomic E-state index is 12.6. The number of aromatic nitrogens is 4. The Kier molecular flexibility index (Phi) is 6.76. The number of hydrogen-bond acceptors (Lipinski definition) is 6. The van der Waals surface area contributed by atoms with Gasteiger partial charge in [-0.05, 0) is 52.6 Å². The number of rotatable bonds is 8. The van der Waals surface area contributed by atoms with Crippen LogP contribution in [-0.2, 0) is 28.7 Å². The Balaban J connectivity index is 1.47. The fraction of sp³-hybridized carbons (Fsp3) is 0.160. The van der Waals surface area contributed by atoms with Gasteiger partial charge in [-0.3, -0.25) is 0 Å². The van der Waals surface area contributed by atoms with E-state index in [1.54, 1.807) is 42.5 Å². The Bertz CT molecular complexity index is 1390. The maximum Gasteiger partial charge on any atom is 0.204 e. The number of nitrogens with zero attached hydrogens (tertiary/aromatic N) is 4. The molecule has 0 aliphatic rings. The third-order valence-electron chi connectivity index (χ3n) is 5.01. The first kappa shape index (κ1) is 22.6. The molecule has 0 saturated carbocycles. The molecule has 0 unspecified atom stereocenters. The van der Waals surface area contributed by atoms with Gasteiger partial charge < -0.3 is 5.11 Å². The molecule has 3 aromatic carbocycles. The van der Waals surface area contributed by atoms with E-state index in [1.165, 1.54) is 16.3 Å². The summed E-state index contributed by atoms with van der Waals surface area (Å²) < 4.78 is 25.3. The van der Waals surface area contributed by atoms with Crippen LogP contribution >= 0.6 is 0 Å². The molecule has 0 spiro atoms. The van der Waals surface area contributed by atoms with Crippen molar-refractivity contribution in [3.63, 3.8) is 0 Å². The average molecular weight is 461 g/mol. The number of sulfone groups is 1. The molecular weight excluding hydrogens is 436 g/mol. The average Bonchev–Trinajstić information content (AvgIpc) is 3.26. The van der Waals surface area contributed by atoms with Crippen molar-refractivity contribution < 1.29 is 13.5 Å². The van der Waals surface area contributed by atoms with Gasteiger partial charge in [-0.15, -0.1) is 10.2 Å². The van der Waals surface area contributed by atoms with E-state index in [4.69, 9.17) is 0 Å². The summed E-state index contributed by atoms with van der Waals surface area (Å²) in [6.45, 7) is 2.44. The smallest absolute Gasteiger partial charge is 0.204 e. The quantitative estimate of drug-likeness (QED) is 0.430. The van der Waals surface area contributed by atoms with Gasteiger partial charge in [0.05, 0.1) is 18.9 Å². The highest BCUT2D eigenvalue weighted by molar-refractivity contribution is 7.93. The van der Waals surface area contributed by atoms with E-state index in [9.17, 15) is 13.5 Å². The van der Waals surface area contributed by atoms with Crippen molar-refractivity contribution in [2.24, 2.45) is 0 Å². The fourth-order valence-electron chi connectivity index (χ4n) is 3.46. The molecule has 0 fully saturated rings. The first-order chi connectivity index (χ1) is 15.9. The van der Waals surface area contributed by atoms with Gasteiger partial charge in [-0.25, -0.2) is 8.42 Å². The van der Waals surface area contributed by atoms with Crippen LogP contribution in [0.3, 0.4) is 0 Å². The second kappa shape index (κ2) is 9.89. The van der Waals surface area contributed by atoms with Crippen LogP contribution in [0.15, 0.2) is 78.2 Å². The van der Waals surface area contributed by atoms with Crippen molar-refractivity contribution in [1.29, 1.82) is 0 Å². The van der Waals surface area contributed by atoms with Gasteiger partial charge in [0, 0.05) is 11.0 Å². The van der Waals surface area contributed by atoms with Crippen LogP contribution in [0.2, 0.25) is 0 Å². The molecule has 1 heterocycles. The molecule has 0 aliphatic carbocycles. The van der Waals surface area contributed by atoms with Crippen LogP contribution in [0, 0.1) is 6.92 Å². The summed E-state index contributed by atoms with van der Waals surface area (Å²) >= 11 is 0. The molecule has 8 heteroatoms. The second-order valence-corrected chi connectivity index (χ2v) is 9.73. The molecule has 0 aliphatic heterocycles. The van der Waals surface area contributed by atoms with Crippen molar-refractivity contribution in [3.8, 4) is 11.4 Å². The first-order valence-electron chi connectivity index (χ1n) is 10.4. The minimum absolute atomic E-state index is 0.0924. The van der Waals surface area contributed by atoms with Crippen molar-refractivity contribution in [2.45, 2.75) is 25.8 Å². The van der Waals surface area contributed by atoms with Crippen LogP contribution < -0.4 is 0 Å². The van der Waals surface area contributed by atoms with E-state index in [0.717, 1.165) is 16.7 Å². The summed E-state index contributed by atoms with van der Waals surface area (Å²) in [5.74, 6) is 0.298. The number of benzene rings is 3. The Labute approximate surface area is 193 Å². The lowest BCUT2D eigenvalue weighted by atomic mass is 10.1. The van der Waals surface area contributed by atoms with E-state index in [1.807, 2.05) is 31.2 Å². The molecule has 168 valence electrons. The molecule has 1 aromatic heterocycles. The van der Waals surface area contributed by atoms with Gasteiger partial charge in [0.1, 0.15) is 0 Å². The lowest BCUT2D eigenvalue weighted by Crippen LogP contribution is -2.04. The molecule has 0 atom stereocenters. The highest BCUT2D eigenvalue weighted by Crippen LogP contribution is 2.19. The van der Waals surface area contributed by atoms with Crippen molar-refractivity contribution in [2.75, 3.05) is 0 Å². The zero-order valence-electron chi connectivity index (χ0n) is 18.2. The molecule has 4 rings (SSSR count). The molecule has 0 amide bonds. The Morgan fingerprint density at radius 3 is 2.52 bits per heavy atom. The van der Waals surface area contributed by atoms with Gasteiger partial charge in [0.15, 0.2) is 9.84 Å². The summed E-state index contributed by atoms with van der Waals surface area (Å²) in [6, 6.07) is 22.4. The molecule has 1 N–H and O–H groups in total. The van der Waals surface area contributed by atoms with Gasteiger partial charge >= 0.3 is 0 Å². The third kappa shape index (κ3) is 6.21. The number of aliphatic hydroxyl groups is 1. The lowest BCUT2D eigenvalue weighted by molar-refractivity contribution is 0.282. The summed E-state index contributed by atoms with van der Waals surface area (Å²) in [4.78, 5) is 1.52. The van der Waals surface area contributed by atoms with Crippen LogP contribution in [0.1, 0.15) is 27.8 Å². The van der Waals surface area contributed by atoms with E-state index < -0.39 is 9.84 Å². The van der Waals surface area contributed by atoms with Crippen LogP contribution in [0.4, 0.5) is 0 Å². The van der Waals surface area contributed by atoms with Crippen LogP contribution in [0.5, 0.6) is 0 Å². The van der Waals surface area contributed by atoms with Gasteiger partial charge in [-0.2, -0.15) is 4.80 Å². The highest BCUT2D eigenvalue weighted by Gasteiger charge is 2.12. The summed E-state index contributed by atoms with van der Waals surface area (Å²) in [5, 5.41) is 23.1. The molecule has 0 radical (unpaired) electrons. The SMILES string of the molecule is Cc1cccc(Cn2nnc(-c3cccc(CS(=O)(=O)/C=C/c4cccc(CO)c4)c3)n2)c1. The Morgan fingerprint density at radius 2 is 1.70 bits per heavy atom. The topological polar surface area (TPSA) is 98.0 Å². The zero-order chi connectivity index (χ0) is 23.3. The Morgan fingerprint density at radius 1 is 0.939 bits per heavy atom. The first-order valence-corrected chi connectivity index (χ1v) is 12.1. The summed E-state index contributed by atoms with van der Waals surface area (Å²) in [5.41, 5.74) is 5.03. The van der Waals surface area contributed by atoms with Crippen LogP contribution in [0.25, 0.3) is 17.5 Å². The van der Waals surface area contributed by atoms with E-state index in [2.05, 4.69) is 21.5 Å². The largest absolute Gasteiger partial charge is 0.392 e. The summed E-state index contributed by atoms with van der Waals surface area (Å²) in [6.07, 6.45) is 1.54. The van der Waals surface area contributed by atoms with Crippen molar-refractivity contribution in [3.05, 3.63) is 106 Å². The molecular formula is C25H24N4O3S. The van der Waals surface area contributed by atoms with E-state index in [-0.39, 0.29) is 12.4 Å². The maximum absolute atomic E-state index is 12.6. The van der Waals surface area contributed by atoms with Gasteiger partial charge in [0.25, 0.3) is 0 Å². The lowest BCUT2D eigenvalue weighted by Gasteiger charge is -2.03. The van der Waals surface area contributed by atoms with Gasteiger partial charge in [-0.1, -0.05) is 66.2 Å². The standard InChI is InChI=1S/C25H24N4O3S/c1-19-5-2-7-21(13-19)16-29-27-25(26-28-29)24-10-4-9-23(15-24)18-33(31,32)12-11-20-6-3-8-22(14-20)17-30/h2-15,30H,16-18H2,1H3/b12-11+. The molecule has 33 heavy (non-hydrogen) atoms. The summed E-state index contributed by atoms with van der Waals surface area (Å²) in [7, 11) is -3.50. The highest BCUT2D eigenvalue weighted by atomic mass is 32.2. The number of aryl methyl sites for hydroxylation is 1. The minimum atomic E-state index is -3.50. The predicted octanol–water partition coefficient (Wildman–Crippen LogP) is 3.77. The predicted molar refractivity (Wildman–Crippen MR) is 128 cm³/mol.